The summed E-state index contributed by atoms with van der Waals surface area (Å²) in [6.07, 6.45) is 8.72. The molecule has 110 valence electrons. The van der Waals surface area contributed by atoms with E-state index in [-0.39, 0.29) is 12.0 Å². The Kier molecular flexibility index (Phi) is 4.17. The first kappa shape index (κ1) is 14.0. The van der Waals surface area contributed by atoms with E-state index in [4.69, 9.17) is 16.3 Å². The maximum atomic E-state index is 12.0. The fourth-order valence-corrected chi connectivity index (χ4v) is 2.44. The van der Waals surface area contributed by atoms with Crippen LogP contribution < -0.4 is 5.32 Å². The molecule has 1 aliphatic heterocycles. The van der Waals surface area contributed by atoms with Crippen LogP contribution in [0.25, 0.3) is 0 Å². The van der Waals surface area contributed by atoms with E-state index < -0.39 is 0 Å². The highest BCUT2D eigenvalue weighted by molar-refractivity contribution is 6.30. The lowest BCUT2D eigenvalue weighted by atomic mass is 10.2. The highest BCUT2D eigenvalue weighted by Crippen LogP contribution is 2.15. The van der Waals surface area contributed by atoms with Crippen molar-refractivity contribution in [2.75, 3.05) is 11.9 Å². The molecule has 3 heterocycles. The van der Waals surface area contributed by atoms with Crippen LogP contribution in [0.2, 0.25) is 5.02 Å². The number of anilines is 1. The molecule has 7 heteroatoms. The zero-order chi connectivity index (χ0) is 14.7. The summed E-state index contributed by atoms with van der Waals surface area (Å²) < 4.78 is 7.34. The summed E-state index contributed by atoms with van der Waals surface area (Å²) >= 11 is 5.82. The Morgan fingerprint density at radius 3 is 3.14 bits per heavy atom. The van der Waals surface area contributed by atoms with Gasteiger partial charge in [0.1, 0.15) is 0 Å². The van der Waals surface area contributed by atoms with E-state index in [1.807, 2.05) is 0 Å². The van der Waals surface area contributed by atoms with Crippen LogP contribution in [-0.2, 0) is 11.3 Å². The van der Waals surface area contributed by atoms with Crippen molar-refractivity contribution in [2.24, 2.45) is 0 Å². The Labute approximate surface area is 127 Å². The SMILES string of the molecule is O=C(Nc1cnn(CC2CCCO2)c1)c1cncc(Cl)c1. The Morgan fingerprint density at radius 1 is 1.48 bits per heavy atom. The van der Waals surface area contributed by atoms with E-state index in [1.165, 1.54) is 12.4 Å². The first-order chi connectivity index (χ1) is 10.2. The number of halogens is 1. The number of rotatable bonds is 4. The van der Waals surface area contributed by atoms with Gasteiger partial charge in [0.2, 0.25) is 0 Å². The van der Waals surface area contributed by atoms with Gasteiger partial charge in [0.05, 0.1) is 35.1 Å². The number of carbonyl (C=O) groups excluding carboxylic acids is 1. The summed E-state index contributed by atoms with van der Waals surface area (Å²) in [5, 5.41) is 7.42. The van der Waals surface area contributed by atoms with Crippen LogP contribution in [0.4, 0.5) is 5.69 Å². The van der Waals surface area contributed by atoms with Crippen LogP contribution >= 0.6 is 11.6 Å². The van der Waals surface area contributed by atoms with Gasteiger partial charge in [0, 0.05) is 25.2 Å². The average Bonchev–Trinajstić information content (AvgIpc) is 3.11. The third-order valence-electron chi connectivity index (χ3n) is 3.27. The number of pyridine rings is 1. The van der Waals surface area contributed by atoms with E-state index in [2.05, 4.69) is 15.4 Å². The molecule has 0 bridgehead atoms. The highest BCUT2D eigenvalue weighted by atomic mass is 35.5. The summed E-state index contributed by atoms with van der Waals surface area (Å²) in [6.45, 7) is 1.52. The van der Waals surface area contributed by atoms with Crippen molar-refractivity contribution in [2.45, 2.75) is 25.5 Å². The minimum Gasteiger partial charge on any atom is -0.376 e. The van der Waals surface area contributed by atoms with E-state index in [1.54, 1.807) is 23.1 Å². The molecule has 1 saturated heterocycles. The minimum atomic E-state index is -0.262. The molecule has 2 aromatic rings. The second-order valence-electron chi connectivity index (χ2n) is 4.93. The van der Waals surface area contributed by atoms with E-state index in [0.717, 1.165) is 19.4 Å². The lowest BCUT2D eigenvalue weighted by molar-refractivity contribution is 0.0940. The number of aromatic nitrogens is 3. The second-order valence-corrected chi connectivity index (χ2v) is 5.37. The Bertz CT molecular complexity index is 637. The van der Waals surface area contributed by atoms with Gasteiger partial charge in [0.15, 0.2) is 0 Å². The summed E-state index contributed by atoms with van der Waals surface area (Å²) in [6, 6.07) is 1.57. The van der Waals surface area contributed by atoms with E-state index in [0.29, 0.717) is 22.8 Å². The Hall–Kier alpha value is -1.92. The standard InChI is InChI=1S/C14H15ClN4O2/c15-11-4-10(5-16-6-11)14(20)18-12-7-17-19(8-12)9-13-2-1-3-21-13/h4-8,13H,1-3,9H2,(H,18,20). The third-order valence-corrected chi connectivity index (χ3v) is 3.48. The molecule has 1 atom stereocenters. The number of carbonyl (C=O) groups is 1. The van der Waals surface area contributed by atoms with Crippen LogP contribution in [0.1, 0.15) is 23.2 Å². The van der Waals surface area contributed by atoms with Gasteiger partial charge in [-0.05, 0) is 18.9 Å². The van der Waals surface area contributed by atoms with Crippen LogP contribution in [-0.4, -0.2) is 33.4 Å². The maximum absolute atomic E-state index is 12.0. The highest BCUT2D eigenvalue weighted by Gasteiger charge is 2.16. The van der Waals surface area contributed by atoms with Crippen molar-refractivity contribution in [3.05, 3.63) is 41.4 Å². The van der Waals surface area contributed by atoms with Crippen molar-refractivity contribution in [1.82, 2.24) is 14.8 Å². The van der Waals surface area contributed by atoms with Gasteiger partial charge in [-0.15, -0.1) is 0 Å². The van der Waals surface area contributed by atoms with E-state index in [9.17, 15) is 4.79 Å². The van der Waals surface area contributed by atoms with Gasteiger partial charge in [-0.3, -0.25) is 14.5 Å². The average molecular weight is 307 g/mol. The molecule has 1 unspecified atom stereocenters. The molecular weight excluding hydrogens is 292 g/mol. The molecule has 2 aromatic heterocycles. The molecule has 21 heavy (non-hydrogen) atoms. The number of nitrogens with zero attached hydrogens (tertiary/aromatic N) is 3. The summed E-state index contributed by atoms with van der Waals surface area (Å²) in [5.74, 6) is -0.262. The predicted octanol–water partition coefficient (Wildman–Crippen LogP) is 2.36. The smallest absolute Gasteiger partial charge is 0.257 e. The minimum absolute atomic E-state index is 0.214. The van der Waals surface area contributed by atoms with Gasteiger partial charge in [-0.25, -0.2) is 0 Å². The predicted molar refractivity (Wildman–Crippen MR) is 78.4 cm³/mol. The van der Waals surface area contributed by atoms with Gasteiger partial charge in [-0.1, -0.05) is 11.6 Å². The van der Waals surface area contributed by atoms with Crippen LogP contribution in [0, 0.1) is 0 Å². The second kappa shape index (κ2) is 6.24. The number of ether oxygens (including phenoxy) is 1. The molecular formula is C14H15ClN4O2. The molecule has 3 rings (SSSR count). The summed E-state index contributed by atoms with van der Waals surface area (Å²) in [5.41, 5.74) is 1.05. The fourth-order valence-electron chi connectivity index (χ4n) is 2.26. The zero-order valence-electron chi connectivity index (χ0n) is 11.3. The molecule has 1 amide bonds. The lowest BCUT2D eigenvalue weighted by Gasteiger charge is -2.08. The molecule has 1 fully saturated rings. The van der Waals surface area contributed by atoms with Crippen molar-refractivity contribution in [3.8, 4) is 0 Å². The zero-order valence-corrected chi connectivity index (χ0v) is 12.1. The monoisotopic (exact) mass is 306 g/mol. The summed E-state index contributed by atoms with van der Waals surface area (Å²) in [7, 11) is 0. The lowest BCUT2D eigenvalue weighted by Crippen LogP contribution is -2.15. The van der Waals surface area contributed by atoms with E-state index >= 15 is 0 Å². The first-order valence-electron chi connectivity index (χ1n) is 6.77. The first-order valence-corrected chi connectivity index (χ1v) is 7.14. The number of nitrogens with one attached hydrogen (secondary N) is 1. The van der Waals surface area contributed by atoms with Crippen LogP contribution in [0.5, 0.6) is 0 Å². The molecule has 0 aromatic carbocycles. The van der Waals surface area contributed by atoms with Crippen LogP contribution in [0.15, 0.2) is 30.9 Å². The molecule has 0 aliphatic carbocycles. The van der Waals surface area contributed by atoms with Crippen molar-refractivity contribution >= 4 is 23.2 Å². The maximum Gasteiger partial charge on any atom is 0.257 e. The molecule has 1 aliphatic rings. The third kappa shape index (κ3) is 3.59. The number of hydrogen-bond acceptors (Lipinski definition) is 4. The Morgan fingerprint density at radius 2 is 2.38 bits per heavy atom. The number of amides is 1. The normalized spacial score (nSPS) is 17.9. The molecule has 1 N–H and O–H groups in total. The molecule has 0 saturated carbocycles. The van der Waals surface area contributed by atoms with Gasteiger partial charge in [0.25, 0.3) is 5.91 Å². The van der Waals surface area contributed by atoms with Gasteiger partial charge < -0.3 is 10.1 Å². The molecule has 0 radical (unpaired) electrons. The van der Waals surface area contributed by atoms with Gasteiger partial charge >= 0.3 is 0 Å². The molecule has 6 nitrogen and oxygen atoms in total. The summed E-state index contributed by atoms with van der Waals surface area (Å²) in [4.78, 5) is 15.9. The van der Waals surface area contributed by atoms with Crippen molar-refractivity contribution in [1.29, 1.82) is 0 Å². The van der Waals surface area contributed by atoms with Crippen molar-refractivity contribution in [3.63, 3.8) is 0 Å². The van der Waals surface area contributed by atoms with Gasteiger partial charge in [-0.2, -0.15) is 5.10 Å². The fraction of sp³-hybridized carbons (Fsp3) is 0.357. The molecule has 0 spiro atoms. The Balaban J connectivity index is 1.62. The quantitative estimate of drug-likeness (QED) is 0.941. The van der Waals surface area contributed by atoms with Crippen molar-refractivity contribution < 1.29 is 9.53 Å². The topological polar surface area (TPSA) is 69.0 Å². The largest absolute Gasteiger partial charge is 0.376 e. The van der Waals surface area contributed by atoms with Crippen LogP contribution in [0.3, 0.4) is 0 Å². The number of hydrogen-bond donors (Lipinski definition) is 1.